The summed E-state index contributed by atoms with van der Waals surface area (Å²) < 4.78 is 72.5. The molecule has 1 fully saturated rings. The minimum atomic E-state index is -4.70. The molecule has 1 heterocycles. The first-order valence-electron chi connectivity index (χ1n) is 11.3. The molecule has 6 nitrogen and oxygen atoms in total. The van der Waals surface area contributed by atoms with E-state index >= 15 is 0 Å². The third kappa shape index (κ3) is 4.94. The number of hydrogen-bond donors (Lipinski definition) is 1. The lowest BCUT2D eigenvalue weighted by atomic mass is 9.91. The van der Waals surface area contributed by atoms with Gasteiger partial charge in [-0.25, -0.2) is 13.1 Å². The van der Waals surface area contributed by atoms with Crippen LogP contribution in [0.25, 0.3) is 21.9 Å². The number of nitrogens with one attached hydrogen (secondary N) is 1. The quantitative estimate of drug-likeness (QED) is 0.388. The van der Waals surface area contributed by atoms with Gasteiger partial charge in [-0.05, 0) is 65.8 Å². The van der Waals surface area contributed by atoms with Gasteiger partial charge in [0.1, 0.15) is 12.7 Å². The van der Waals surface area contributed by atoms with Crippen molar-refractivity contribution in [3.63, 3.8) is 0 Å². The fourth-order valence-corrected chi connectivity index (χ4v) is 6.13. The summed E-state index contributed by atoms with van der Waals surface area (Å²) in [5.41, 5.74) is -0.270. The van der Waals surface area contributed by atoms with Crippen molar-refractivity contribution in [2.75, 3.05) is 0 Å². The minimum Gasteiger partial charge on any atom is -0.317 e. The van der Waals surface area contributed by atoms with E-state index in [1.807, 2.05) is 28.8 Å². The molecule has 10 heteroatoms. The van der Waals surface area contributed by atoms with Crippen molar-refractivity contribution in [2.45, 2.75) is 48.8 Å². The topological polar surface area (TPSA) is 76.9 Å². The van der Waals surface area contributed by atoms with Gasteiger partial charge in [-0.1, -0.05) is 42.5 Å². The predicted molar refractivity (Wildman–Crippen MR) is 126 cm³/mol. The molecule has 0 aliphatic heterocycles. The van der Waals surface area contributed by atoms with Crippen LogP contribution in [0.2, 0.25) is 0 Å². The molecule has 35 heavy (non-hydrogen) atoms. The summed E-state index contributed by atoms with van der Waals surface area (Å²) in [5.74, 6) is 0. The normalized spacial score (nSPS) is 19.2. The molecule has 0 radical (unpaired) electrons. The largest absolute Gasteiger partial charge is 0.416 e. The number of halogens is 3. The first-order chi connectivity index (χ1) is 16.7. The van der Waals surface area contributed by atoms with Crippen LogP contribution in [-0.2, 0) is 16.2 Å². The summed E-state index contributed by atoms with van der Waals surface area (Å²) in [7, 11) is -4.21. The molecule has 0 spiro atoms. The molecule has 0 saturated heterocycles. The molecule has 182 valence electrons. The van der Waals surface area contributed by atoms with E-state index in [1.54, 1.807) is 30.9 Å². The van der Waals surface area contributed by atoms with Gasteiger partial charge in [0, 0.05) is 12.1 Å². The highest BCUT2D eigenvalue weighted by Crippen LogP contribution is 2.37. The van der Waals surface area contributed by atoms with Crippen LogP contribution in [0.15, 0.2) is 78.2 Å². The van der Waals surface area contributed by atoms with Gasteiger partial charge < -0.3 is 4.57 Å². The second kappa shape index (κ2) is 9.09. The lowest BCUT2D eigenvalue weighted by Crippen LogP contribution is -2.38. The van der Waals surface area contributed by atoms with Gasteiger partial charge in [0.25, 0.3) is 0 Å². The smallest absolute Gasteiger partial charge is 0.317 e. The molecule has 1 aliphatic rings. The first-order valence-corrected chi connectivity index (χ1v) is 12.8. The predicted octanol–water partition coefficient (Wildman–Crippen LogP) is 5.58. The van der Waals surface area contributed by atoms with Crippen LogP contribution in [0, 0.1) is 0 Å². The van der Waals surface area contributed by atoms with Gasteiger partial charge in [-0.3, -0.25) is 0 Å². The molecule has 0 amide bonds. The third-order valence-electron chi connectivity index (χ3n) is 6.47. The Labute approximate surface area is 200 Å². The van der Waals surface area contributed by atoms with Crippen LogP contribution in [0.5, 0.6) is 0 Å². The second-order valence-corrected chi connectivity index (χ2v) is 10.5. The van der Waals surface area contributed by atoms with E-state index in [2.05, 4.69) is 14.9 Å². The number of rotatable bonds is 5. The fourth-order valence-electron chi connectivity index (χ4n) is 4.78. The molecule has 4 aromatic rings. The van der Waals surface area contributed by atoms with Gasteiger partial charge in [-0.15, -0.1) is 10.2 Å². The van der Waals surface area contributed by atoms with Crippen molar-refractivity contribution in [3.8, 4) is 11.1 Å². The van der Waals surface area contributed by atoms with Crippen LogP contribution >= 0.6 is 0 Å². The van der Waals surface area contributed by atoms with Crippen molar-refractivity contribution in [1.29, 1.82) is 0 Å². The van der Waals surface area contributed by atoms with Crippen LogP contribution in [-0.4, -0.2) is 29.2 Å². The van der Waals surface area contributed by atoms with Crippen molar-refractivity contribution in [3.05, 3.63) is 78.9 Å². The number of benzene rings is 3. The summed E-state index contributed by atoms with van der Waals surface area (Å²) >= 11 is 0. The highest BCUT2D eigenvalue weighted by Gasteiger charge is 2.34. The maximum Gasteiger partial charge on any atom is 0.416 e. The molecule has 2 atom stereocenters. The van der Waals surface area contributed by atoms with E-state index < -0.39 is 32.7 Å². The Bertz CT molecular complexity index is 1450. The first kappa shape index (κ1) is 23.5. The highest BCUT2D eigenvalue weighted by molar-refractivity contribution is 7.89. The van der Waals surface area contributed by atoms with Crippen LogP contribution in [0.1, 0.15) is 37.3 Å². The van der Waals surface area contributed by atoms with Gasteiger partial charge >= 0.3 is 6.18 Å². The molecule has 5 rings (SSSR count). The number of fused-ring (bicyclic) bond motifs is 1. The van der Waals surface area contributed by atoms with Crippen LogP contribution in [0.4, 0.5) is 13.2 Å². The number of aromatic nitrogens is 3. The average molecular weight is 501 g/mol. The van der Waals surface area contributed by atoms with E-state index in [0.717, 1.165) is 29.7 Å². The average Bonchev–Trinajstić information content (AvgIpc) is 3.38. The fraction of sp³-hybridized carbons (Fsp3) is 0.280. The number of alkyl halides is 3. The number of sulfonamides is 1. The van der Waals surface area contributed by atoms with Crippen LogP contribution in [0.3, 0.4) is 0 Å². The zero-order valence-electron chi connectivity index (χ0n) is 18.6. The summed E-state index contributed by atoms with van der Waals surface area (Å²) in [6.07, 6.45) is 1.22. The molecule has 1 N–H and O–H groups in total. The van der Waals surface area contributed by atoms with E-state index in [0.29, 0.717) is 24.5 Å². The van der Waals surface area contributed by atoms with Gasteiger partial charge in [-0.2, -0.15) is 13.2 Å². The van der Waals surface area contributed by atoms with E-state index in [1.165, 1.54) is 6.07 Å². The Morgan fingerprint density at radius 3 is 2.46 bits per heavy atom. The highest BCUT2D eigenvalue weighted by atomic mass is 32.2. The SMILES string of the molecule is O=S(=O)(N[C@H]1CCC[C@@H](n2cnnc2)C1)c1cc(-c2cccc3ccccc23)cc(C(F)(F)F)c1. The zero-order chi connectivity index (χ0) is 24.6. The maximum absolute atomic E-state index is 13.8. The molecular weight excluding hydrogens is 477 g/mol. The summed E-state index contributed by atoms with van der Waals surface area (Å²) in [6.45, 7) is 0. The number of nitrogens with zero attached hydrogens (tertiary/aromatic N) is 3. The van der Waals surface area contributed by atoms with Crippen molar-refractivity contribution in [1.82, 2.24) is 19.5 Å². The van der Waals surface area contributed by atoms with Gasteiger partial charge in [0.2, 0.25) is 10.0 Å². The van der Waals surface area contributed by atoms with Gasteiger partial charge in [0.05, 0.1) is 10.5 Å². The Morgan fingerprint density at radius 1 is 0.943 bits per heavy atom. The number of hydrogen-bond acceptors (Lipinski definition) is 4. The molecular formula is C25H23F3N4O2S. The maximum atomic E-state index is 13.8. The van der Waals surface area contributed by atoms with E-state index in [4.69, 9.17) is 0 Å². The Hall–Kier alpha value is -3.24. The molecule has 1 saturated carbocycles. The summed E-state index contributed by atoms with van der Waals surface area (Å²) in [4.78, 5) is -0.401. The standard InChI is InChI=1S/C25H23F3N4O2S/c26-25(27,28)19-11-18(24-10-3-6-17-5-1-2-9-23(17)24)12-22(13-19)35(33,34)31-20-7-4-8-21(14-20)32-15-29-30-16-32/h1-3,5-6,9-13,15-16,20-21,31H,4,7-8,14H2/t20-,21+/m0/s1. The second-order valence-electron chi connectivity index (χ2n) is 8.82. The Kier molecular flexibility index (Phi) is 6.10. The van der Waals surface area contributed by atoms with Crippen molar-refractivity contribution >= 4 is 20.8 Å². The molecule has 3 aromatic carbocycles. The van der Waals surface area contributed by atoms with Crippen molar-refractivity contribution in [2.24, 2.45) is 0 Å². The summed E-state index contributed by atoms with van der Waals surface area (Å²) in [5, 5.41) is 9.21. The zero-order valence-corrected chi connectivity index (χ0v) is 19.4. The lowest BCUT2D eigenvalue weighted by molar-refractivity contribution is -0.137. The van der Waals surface area contributed by atoms with Gasteiger partial charge in [0.15, 0.2) is 0 Å². The van der Waals surface area contributed by atoms with E-state index in [-0.39, 0.29) is 11.6 Å². The van der Waals surface area contributed by atoms with E-state index in [9.17, 15) is 21.6 Å². The molecule has 0 bridgehead atoms. The summed E-state index contributed by atoms with van der Waals surface area (Å²) in [6, 6.07) is 15.3. The Morgan fingerprint density at radius 2 is 1.69 bits per heavy atom. The lowest BCUT2D eigenvalue weighted by Gasteiger charge is -2.30. The monoisotopic (exact) mass is 500 g/mol. The van der Waals surface area contributed by atoms with Crippen LogP contribution < -0.4 is 4.72 Å². The van der Waals surface area contributed by atoms with Crippen molar-refractivity contribution < 1.29 is 21.6 Å². The minimum absolute atomic E-state index is 0.0270. The third-order valence-corrected chi connectivity index (χ3v) is 7.97. The Balaban J connectivity index is 1.52. The molecule has 1 aliphatic carbocycles. The molecule has 1 aromatic heterocycles. The molecule has 0 unspecified atom stereocenters.